The number of fused-ring (bicyclic) bond motifs is 8. The molecule has 0 aliphatic heterocycles. The van der Waals surface area contributed by atoms with Crippen molar-refractivity contribution in [3.8, 4) is 22.5 Å². The Morgan fingerprint density at radius 3 is 0.721 bits per heavy atom. The molecule has 52 radical (unpaired) electrons. The Hall–Kier alpha value is -3.91. The van der Waals surface area contributed by atoms with Crippen molar-refractivity contribution < 1.29 is 0 Å². The zero-order valence-electron chi connectivity index (χ0n) is 35.9. The SMILES string of the molecule is [B]c1c([B])c([B])c(-n2c3c([B])c([B])c([B])c([B])c3c3c([B])c(-c4c([B])c([B])c5c(c4[B])c4c6c([B])c([B])c([B])c([B])c6c([B])c([B])c4n5-c4c([B])c([B])c([B])c([B])c4[B])c([B])c([B])c32)c([B])c1[B]. The molecule has 0 N–H and O–H groups in total. The lowest BCUT2D eigenvalue weighted by atomic mass is 9.60. The van der Waals surface area contributed by atoms with Crippen molar-refractivity contribution >= 4 is 400 Å². The van der Waals surface area contributed by atoms with Crippen LogP contribution in [0.15, 0.2) is 0 Å². The first-order valence-corrected chi connectivity index (χ1v) is 19.8. The summed E-state index contributed by atoms with van der Waals surface area (Å²) < 4.78 is 2.84. The highest BCUT2D eigenvalue weighted by Crippen LogP contribution is 2.34. The minimum Gasteiger partial charge on any atom is -0.312 e. The van der Waals surface area contributed by atoms with E-state index in [1.54, 1.807) is 0 Å². The molecule has 0 saturated carbocycles. The van der Waals surface area contributed by atoms with Crippen LogP contribution in [-0.4, -0.2) is 213 Å². The first-order chi connectivity index (χ1) is 31.7. The lowest BCUT2D eigenvalue weighted by molar-refractivity contribution is 1.22. The van der Waals surface area contributed by atoms with Crippen LogP contribution in [0.25, 0.3) is 76.9 Å². The van der Waals surface area contributed by atoms with Gasteiger partial charge in [0.15, 0.2) is 0 Å². The van der Waals surface area contributed by atoms with Gasteiger partial charge >= 0.3 is 0 Å². The van der Waals surface area contributed by atoms with Gasteiger partial charge < -0.3 is 9.13 Å². The van der Waals surface area contributed by atoms with Crippen molar-refractivity contribution in [2.24, 2.45) is 0 Å². The quantitative estimate of drug-likeness (QED) is 0.158. The molecule has 0 aliphatic rings. The van der Waals surface area contributed by atoms with E-state index >= 15 is 0 Å². The fraction of sp³-hybridized carbons (Fsp3) is 0. The second kappa shape index (κ2) is 16.3. The normalized spacial score (nSPS) is 11.9. The van der Waals surface area contributed by atoms with Gasteiger partial charge in [-0.05, 0) is 27.3 Å². The summed E-state index contributed by atoms with van der Waals surface area (Å²) in [5, 5.41) is 0.653. The Labute approximate surface area is 429 Å². The predicted molar refractivity (Wildman–Crippen MR) is 318 cm³/mol. The van der Waals surface area contributed by atoms with Crippen LogP contribution in [0.1, 0.15) is 0 Å². The van der Waals surface area contributed by atoms with Crippen LogP contribution in [0.4, 0.5) is 0 Å². The van der Waals surface area contributed by atoms with Gasteiger partial charge in [-0.25, -0.2) is 0 Å². The lowest BCUT2D eigenvalue weighted by Gasteiger charge is -2.27. The van der Waals surface area contributed by atoms with Crippen molar-refractivity contribution in [2.45, 2.75) is 0 Å². The average molecular weight is 790 g/mol. The maximum absolute atomic E-state index is 7.41. The van der Waals surface area contributed by atoms with Gasteiger partial charge in [0.1, 0.15) is 204 Å². The van der Waals surface area contributed by atoms with Gasteiger partial charge in [0.2, 0.25) is 0 Å². The molecule has 28 heteroatoms. The number of rotatable bonds is 3. The molecule has 0 saturated heterocycles. The van der Waals surface area contributed by atoms with E-state index in [-0.39, 0.29) is 219 Å². The van der Waals surface area contributed by atoms with Crippen LogP contribution in [-0.2, 0) is 0 Å². The highest BCUT2D eigenvalue weighted by molar-refractivity contribution is 6.76. The van der Waals surface area contributed by atoms with Crippen molar-refractivity contribution in [3.63, 3.8) is 0 Å². The molecule has 0 fully saturated rings. The van der Waals surface area contributed by atoms with Gasteiger partial charge in [-0.15, -0.1) is 54.6 Å². The number of hydrogen-bond acceptors (Lipinski definition) is 0. The van der Waals surface area contributed by atoms with Gasteiger partial charge in [-0.3, -0.25) is 0 Å². The fourth-order valence-corrected chi connectivity index (χ4v) is 9.58. The van der Waals surface area contributed by atoms with E-state index in [9.17, 15) is 0 Å². The summed E-state index contributed by atoms with van der Waals surface area (Å²) in [7, 11) is 174. The maximum Gasteiger partial charge on any atom is 0.115 e. The lowest BCUT2D eigenvalue weighted by Crippen LogP contribution is -2.56. The van der Waals surface area contributed by atoms with E-state index < -0.39 is 0 Å². The number of nitrogens with zero attached hydrogens (tertiary/aromatic N) is 2. The molecule has 2 nitrogen and oxygen atoms in total. The Morgan fingerprint density at radius 2 is 0.353 bits per heavy atom. The molecule has 2 aromatic heterocycles. The minimum absolute atomic E-state index is 0.0248. The van der Waals surface area contributed by atoms with E-state index in [1.165, 1.54) is 9.13 Å². The van der Waals surface area contributed by atoms with E-state index in [1.807, 2.05) is 0 Å². The summed E-state index contributed by atoms with van der Waals surface area (Å²) in [5.41, 5.74) is -3.31. The monoisotopic (exact) mass is 794 g/mol. The van der Waals surface area contributed by atoms with E-state index in [0.717, 1.165) is 0 Å². The maximum atomic E-state index is 7.41. The smallest absolute Gasteiger partial charge is 0.115 e. The largest absolute Gasteiger partial charge is 0.312 e. The molecule has 7 aromatic carbocycles. The van der Waals surface area contributed by atoms with Gasteiger partial charge in [-0.1, -0.05) is 87.4 Å². The summed E-state index contributed by atoms with van der Waals surface area (Å²) in [6.45, 7) is 0. The third kappa shape index (κ3) is 6.03. The number of hydrogen-bond donors (Lipinski definition) is 0. The summed E-state index contributed by atoms with van der Waals surface area (Å²) >= 11 is 0. The molecule has 0 aliphatic carbocycles. The van der Waals surface area contributed by atoms with Gasteiger partial charge in [0.25, 0.3) is 0 Å². The highest BCUT2D eigenvalue weighted by atomic mass is 15.0. The zero-order valence-corrected chi connectivity index (χ0v) is 35.9. The molecular weight excluding hydrogens is 790 g/mol. The van der Waals surface area contributed by atoms with Gasteiger partial charge in [0, 0.05) is 49.6 Å². The predicted octanol–water partition coefficient (Wildman–Crippen LogP) is -20.7. The first kappa shape index (κ1) is 49.1. The second-order valence-electron chi connectivity index (χ2n) is 16.5. The van der Waals surface area contributed by atoms with Crippen LogP contribution < -0.4 is 142 Å². The van der Waals surface area contributed by atoms with Crippen LogP contribution in [0, 0.1) is 0 Å². The van der Waals surface area contributed by atoms with Crippen molar-refractivity contribution in [3.05, 3.63) is 0 Å². The van der Waals surface area contributed by atoms with Crippen molar-refractivity contribution in [1.82, 2.24) is 9.13 Å². The molecule has 0 spiro atoms. The second-order valence-corrected chi connectivity index (χ2v) is 16.5. The molecule has 0 amide bonds. The zero-order chi connectivity index (χ0) is 50.2. The summed E-state index contributed by atoms with van der Waals surface area (Å²) in [4.78, 5) is 0. The molecule has 248 valence electrons. The molecule has 0 atom stereocenters. The van der Waals surface area contributed by atoms with Crippen molar-refractivity contribution in [2.75, 3.05) is 0 Å². The van der Waals surface area contributed by atoms with Crippen LogP contribution >= 0.6 is 0 Å². The first-order valence-electron chi connectivity index (χ1n) is 19.8. The Morgan fingerprint density at radius 1 is 0.147 bits per heavy atom. The fourth-order valence-electron chi connectivity index (χ4n) is 9.58. The molecular formula is C40B26N2. The summed E-state index contributed by atoms with van der Waals surface area (Å²) in [6.07, 6.45) is 0. The minimum atomic E-state index is -0.218. The van der Waals surface area contributed by atoms with E-state index in [4.69, 9.17) is 204 Å². The number of aromatic nitrogens is 2. The number of benzene rings is 7. The molecule has 0 bridgehead atoms. The third-order valence-electron chi connectivity index (χ3n) is 13.2. The average Bonchev–Trinajstić information content (AvgIpc) is 3.84. The Kier molecular flexibility index (Phi) is 11.8. The van der Waals surface area contributed by atoms with E-state index in [2.05, 4.69) is 0 Å². The topological polar surface area (TPSA) is 9.86 Å². The van der Waals surface area contributed by atoms with E-state index in [0.29, 0.717) is 0 Å². The molecule has 2 heterocycles. The molecule has 9 aromatic rings. The summed E-state index contributed by atoms with van der Waals surface area (Å²) in [5.74, 6) is 0. The third-order valence-corrected chi connectivity index (χ3v) is 13.2. The van der Waals surface area contributed by atoms with Crippen molar-refractivity contribution in [1.29, 1.82) is 0 Å². The molecule has 9 rings (SSSR count). The molecule has 0 unspecified atom stereocenters. The Balaban J connectivity index is 1.59. The standard InChI is InChI=1S/C40B26N2/c41-9-4(5-10(42)7-8-16(48)19(51)22(54)30(62)38(8)68(37(7)29(61)15(5)47)40-33(65)25(57)21(53)26(58)34(40)66)14(46)28(60)36-6(9)2-1-3(12(44)18(50)17(49)11(1)43)13(45)27(59)35(2)67(36)39-31(63)23(55)20(52)24(56)32(39)64. The van der Waals surface area contributed by atoms with Gasteiger partial charge in [0.05, 0.1) is 0 Å². The molecule has 68 heavy (non-hydrogen) atoms. The van der Waals surface area contributed by atoms with Crippen LogP contribution in [0.5, 0.6) is 0 Å². The van der Waals surface area contributed by atoms with Crippen LogP contribution in [0.2, 0.25) is 0 Å². The summed E-state index contributed by atoms with van der Waals surface area (Å²) in [6, 6.07) is 0. The van der Waals surface area contributed by atoms with Gasteiger partial charge in [-0.2, -0.15) is 0 Å². The van der Waals surface area contributed by atoms with Crippen LogP contribution in [0.3, 0.4) is 0 Å². The highest BCUT2D eigenvalue weighted by Gasteiger charge is 2.31. The Bertz CT molecular complexity index is 3870.